The normalized spacial score (nSPS) is 16.8. The quantitative estimate of drug-likeness (QED) is 0.449. The Balaban J connectivity index is 3.17. The van der Waals surface area contributed by atoms with Crippen molar-refractivity contribution in [2.75, 3.05) is 13.7 Å². The van der Waals surface area contributed by atoms with Crippen molar-refractivity contribution in [3.8, 4) is 0 Å². The van der Waals surface area contributed by atoms with Crippen molar-refractivity contribution in [2.24, 2.45) is 5.73 Å². The molecule has 2 atom stereocenters. The summed E-state index contributed by atoms with van der Waals surface area (Å²) in [7, 11) is 4.75. The molecule has 2 unspecified atom stereocenters. The fraction of sp³-hybridized carbons (Fsp3) is 1.00. The van der Waals surface area contributed by atoms with Crippen LogP contribution in [0.25, 0.3) is 0 Å². The molecule has 0 aromatic heterocycles. The molecule has 0 aromatic carbocycles. The van der Waals surface area contributed by atoms with Crippen LogP contribution in [0.4, 0.5) is 0 Å². The molecule has 0 aliphatic heterocycles. The van der Waals surface area contributed by atoms with E-state index in [1.54, 1.807) is 7.11 Å². The van der Waals surface area contributed by atoms with E-state index in [4.69, 9.17) is 15.2 Å². The van der Waals surface area contributed by atoms with Crippen molar-refractivity contribution in [3.63, 3.8) is 0 Å². The Morgan fingerprint density at radius 3 is 2.60 bits per heavy atom. The van der Waals surface area contributed by atoms with Gasteiger partial charge in [-0.1, -0.05) is 6.92 Å². The molecule has 0 amide bonds. The second-order valence-electron chi connectivity index (χ2n) is 2.07. The van der Waals surface area contributed by atoms with Crippen molar-refractivity contribution in [3.05, 3.63) is 0 Å². The van der Waals surface area contributed by atoms with E-state index in [0.717, 1.165) is 6.42 Å². The van der Waals surface area contributed by atoms with Gasteiger partial charge in [-0.25, -0.2) is 0 Å². The third-order valence-electron chi connectivity index (χ3n) is 1.20. The molecule has 10 heavy (non-hydrogen) atoms. The second kappa shape index (κ2) is 5.85. The highest BCUT2D eigenvalue weighted by Crippen LogP contribution is 1.91. The lowest BCUT2D eigenvalue weighted by Gasteiger charge is -2.13. The molecule has 0 spiro atoms. The summed E-state index contributed by atoms with van der Waals surface area (Å²) >= 11 is 0. The Bertz CT molecular complexity index is 72.1. The molecule has 2 N–H and O–H groups in total. The van der Waals surface area contributed by atoms with E-state index < -0.39 is 0 Å². The van der Waals surface area contributed by atoms with Crippen LogP contribution in [0, 0.1) is 0 Å². The zero-order chi connectivity index (χ0) is 7.98. The fourth-order valence-corrected chi connectivity index (χ4v) is 0.493. The van der Waals surface area contributed by atoms with Crippen molar-refractivity contribution >= 4 is 10.2 Å². The van der Waals surface area contributed by atoms with E-state index in [-0.39, 0.29) is 12.0 Å². The molecule has 0 aromatic rings. The Labute approximate surface area is 65.3 Å². The smallest absolute Gasteiger partial charge is 0.133 e. The van der Waals surface area contributed by atoms with Crippen molar-refractivity contribution < 1.29 is 9.47 Å². The SMILES string of the molecule is CCC(N)COC([Si])OC. The summed E-state index contributed by atoms with van der Waals surface area (Å²) < 4.78 is 9.89. The van der Waals surface area contributed by atoms with Crippen molar-refractivity contribution in [2.45, 2.75) is 25.3 Å². The second-order valence-corrected chi connectivity index (χ2v) is 2.54. The van der Waals surface area contributed by atoms with Gasteiger partial charge < -0.3 is 15.2 Å². The zero-order valence-electron chi connectivity index (χ0n) is 6.46. The Morgan fingerprint density at radius 2 is 2.20 bits per heavy atom. The first kappa shape index (κ1) is 10.1. The molecule has 3 radical (unpaired) electrons. The monoisotopic (exact) mass is 160 g/mol. The van der Waals surface area contributed by atoms with Crippen LogP contribution < -0.4 is 5.73 Å². The summed E-state index contributed by atoms with van der Waals surface area (Å²) in [6.07, 6.45) is 0.919. The lowest BCUT2D eigenvalue weighted by atomic mass is 10.3. The summed E-state index contributed by atoms with van der Waals surface area (Å²) in [4.78, 5) is 0. The molecule has 0 saturated carbocycles. The average Bonchev–Trinajstić information content (AvgIpc) is 1.99. The molecule has 3 nitrogen and oxygen atoms in total. The van der Waals surface area contributed by atoms with Gasteiger partial charge in [-0.15, -0.1) is 0 Å². The van der Waals surface area contributed by atoms with Gasteiger partial charge in [0.25, 0.3) is 0 Å². The Kier molecular flexibility index (Phi) is 5.91. The first-order valence-electron chi connectivity index (χ1n) is 3.31. The van der Waals surface area contributed by atoms with E-state index in [9.17, 15) is 0 Å². The zero-order valence-corrected chi connectivity index (χ0v) is 7.46. The van der Waals surface area contributed by atoms with Gasteiger partial charge in [0.2, 0.25) is 0 Å². The number of hydrogen-bond donors (Lipinski definition) is 1. The van der Waals surface area contributed by atoms with Crippen LogP contribution in [0.3, 0.4) is 0 Å². The van der Waals surface area contributed by atoms with Crippen LogP contribution in [0.1, 0.15) is 13.3 Å². The molecule has 0 saturated heterocycles. The van der Waals surface area contributed by atoms with Crippen LogP contribution in [0.15, 0.2) is 0 Å². The summed E-state index contributed by atoms with van der Waals surface area (Å²) in [5.74, 6) is -0.336. The molecular formula is C6H14NO2Si. The maximum Gasteiger partial charge on any atom is 0.133 e. The molecule has 4 heteroatoms. The fourth-order valence-electron chi connectivity index (χ4n) is 0.397. The lowest BCUT2D eigenvalue weighted by molar-refractivity contribution is -0.0706. The van der Waals surface area contributed by atoms with Crippen LogP contribution in [-0.2, 0) is 9.47 Å². The molecule has 0 fully saturated rings. The maximum absolute atomic E-state index is 5.57. The minimum absolute atomic E-state index is 0.106. The first-order chi connectivity index (χ1) is 4.70. The summed E-state index contributed by atoms with van der Waals surface area (Å²) in [6, 6.07) is 0.106. The number of methoxy groups -OCH3 is 1. The highest BCUT2D eigenvalue weighted by Gasteiger charge is 2.02. The van der Waals surface area contributed by atoms with Crippen LogP contribution >= 0.6 is 0 Å². The third-order valence-corrected chi connectivity index (χ3v) is 1.60. The summed E-state index contributed by atoms with van der Waals surface area (Å²) in [6.45, 7) is 2.54. The molecule has 0 aliphatic carbocycles. The van der Waals surface area contributed by atoms with Crippen molar-refractivity contribution in [1.29, 1.82) is 0 Å². The summed E-state index contributed by atoms with van der Waals surface area (Å²) in [5.41, 5.74) is 5.57. The van der Waals surface area contributed by atoms with Gasteiger partial charge in [-0.2, -0.15) is 0 Å². The van der Waals surface area contributed by atoms with Gasteiger partial charge in [-0.05, 0) is 6.42 Å². The number of hydrogen-bond acceptors (Lipinski definition) is 3. The Hall–Kier alpha value is 0.0969. The largest absolute Gasteiger partial charge is 0.361 e. The molecule has 0 aliphatic rings. The maximum atomic E-state index is 5.57. The highest BCUT2D eigenvalue weighted by molar-refractivity contribution is 6.09. The average molecular weight is 160 g/mol. The van der Waals surface area contributed by atoms with Gasteiger partial charge in [0.05, 0.1) is 6.61 Å². The minimum atomic E-state index is -0.336. The van der Waals surface area contributed by atoms with Crippen LogP contribution in [0.5, 0.6) is 0 Å². The third kappa shape index (κ3) is 4.93. The summed E-state index contributed by atoms with van der Waals surface area (Å²) in [5, 5.41) is 0. The Morgan fingerprint density at radius 1 is 1.60 bits per heavy atom. The standard InChI is InChI=1S/C6H14NO2Si/c1-3-5(7)4-9-6(10)8-2/h5-6H,3-4,7H2,1-2H3. The molecule has 0 rings (SSSR count). The predicted molar refractivity (Wildman–Crippen MR) is 40.8 cm³/mol. The number of nitrogens with two attached hydrogens (primary N) is 1. The minimum Gasteiger partial charge on any atom is -0.361 e. The molecule has 0 heterocycles. The first-order valence-corrected chi connectivity index (χ1v) is 3.89. The lowest BCUT2D eigenvalue weighted by Crippen LogP contribution is -2.29. The molecule has 0 bridgehead atoms. The number of ether oxygens (including phenoxy) is 2. The number of rotatable bonds is 5. The van der Waals surface area contributed by atoms with E-state index >= 15 is 0 Å². The van der Waals surface area contributed by atoms with Crippen LogP contribution in [-0.4, -0.2) is 35.9 Å². The van der Waals surface area contributed by atoms with Gasteiger partial charge in [0.1, 0.15) is 16.2 Å². The van der Waals surface area contributed by atoms with E-state index in [1.807, 2.05) is 6.92 Å². The van der Waals surface area contributed by atoms with Gasteiger partial charge in [0.15, 0.2) is 0 Å². The van der Waals surface area contributed by atoms with Crippen LogP contribution in [0.2, 0.25) is 0 Å². The topological polar surface area (TPSA) is 44.5 Å². The van der Waals surface area contributed by atoms with E-state index in [0.29, 0.717) is 6.61 Å². The molecular weight excluding hydrogens is 146 g/mol. The highest BCUT2D eigenvalue weighted by atomic mass is 28.1. The van der Waals surface area contributed by atoms with Crippen molar-refractivity contribution in [1.82, 2.24) is 0 Å². The predicted octanol–water partition coefficient (Wildman–Crippen LogP) is -0.161. The molecule has 59 valence electrons. The van der Waals surface area contributed by atoms with Gasteiger partial charge >= 0.3 is 0 Å². The van der Waals surface area contributed by atoms with Gasteiger partial charge in [0, 0.05) is 13.2 Å². The van der Waals surface area contributed by atoms with E-state index in [1.165, 1.54) is 0 Å². The van der Waals surface area contributed by atoms with Gasteiger partial charge in [-0.3, -0.25) is 0 Å². The van der Waals surface area contributed by atoms with E-state index in [2.05, 4.69) is 10.2 Å².